The van der Waals surface area contributed by atoms with E-state index < -0.39 is 8.07 Å². The molecule has 0 bridgehead atoms. The summed E-state index contributed by atoms with van der Waals surface area (Å²) in [6, 6.07) is 10.3. The molecular weight excluding hydrogens is 228 g/mol. The quantitative estimate of drug-likeness (QED) is 0.605. The van der Waals surface area contributed by atoms with Crippen molar-refractivity contribution in [2.75, 3.05) is 7.11 Å². The van der Waals surface area contributed by atoms with Crippen LogP contribution in [0.25, 0.3) is 0 Å². The zero-order valence-corrected chi connectivity index (χ0v) is 12.0. The third-order valence-corrected chi connectivity index (χ3v) is 7.48. The van der Waals surface area contributed by atoms with E-state index in [1.807, 2.05) is 18.2 Å². The molecule has 2 rings (SSSR count). The van der Waals surface area contributed by atoms with E-state index in [0.29, 0.717) is 5.92 Å². The number of hydrogen-bond donors (Lipinski definition) is 0. The summed E-state index contributed by atoms with van der Waals surface area (Å²) in [7, 11) is -0.0736. The van der Waals surface area contributed by atoms with Crippen LogP contribution in [-0.4, -0.2) is 21.2 Å². The van der Waals surface area contributed by atoms with E-state index in [4.69, 9.17) is 4.74 Å². The molecule has 0 spiro atoms. The molecule has 3 heteroatoms. The molecule has 1 aromatic rings. The lowest BCUT2D eigenvalue weighted by Gasteiger charge is -2.28. The van der Waals surface area contributed by atoms with E-state index in [9.17, 15) is 4.79 Å². The second-order valence-electron chi connectivity index (χ2n) is 5.88. The van der Waals surface area contributed by atoms with Gasteiger partial charge in [-0.2, -0.15) is 0 Å². The highest BCUT2D eigenvalue weighted by molar-refractivity contribution is 6.83. The molecule has 0 N–H and O–H groups in total. The summed E-state index contributed by atoms with van der Waals surface area (Å²) in [5, 5.41) is -0.205. The lowest BCUT2D eigenvalue weighted by molar-refractivity contribution is -0.141. The Balaban J connectivity index is 2.34. The predicted molar refractivity (Wildman–Crippen MR) is 71.9 cm³/mol. The Morgan fingerprint density at radius 2 is 1.88 bits per heavy atom. The molecule has 0 radical (unpaired) electrons. The van der Waals surface area contributed by atoms with E-state index in [2.05, 4.69) is 31.8 Å². The van der Waals surface area contributed by atoms with Crippen LogP contribution < -0.4 is 0 Å². The number of rotatable bonds is 3. The zero-order valence-electron chi connectivity index (χ0n) is 11.0. The fraction of sp³-hybridized carbons (Fsp3) is 0.500. The highest BCUT2D eigenvalue weighted by Crippen LogP contribution is 2.71. The van der Waals surface area contributed by atoms with Gasteiger partial charge < -0.3 is 4.74 Å². The third kappa shape index (κ3) is 1.82. The number of carbonyl (C=O) groups excluding carboxylic acids is 1. The minimum atomic E-state index is -1.58. The van der Waals surface area contributed by atoms with Crippen molar-refractivity contribution in [3.63, 3.8) is 0 Å². The van der Waals surface area contributed by atoms with Crippen LogP contribution in [0.15, 0.2) is 30.3 Å². The summed E-state index contributed by atoms with van der Waals surface area (Å²) < 4.78 is 5.05. The molecule has 1 saturated carbocycles. The standard InChI is InChI=1S/C14H20O2Si/c1-16-13(15)14(17(2,3)4)10-12(14)11-8-6-5-7-9-11/h5-9,12H,10H2,1-4H3/t12-,14-/m1/s1. The maximum absolute atomic E-state index is 12.1. The second-order valence-corrected chi connectivity index (χ2v) is 11.3. The molecule has 0 unspecified atom stereocenters. The molecule has 17 heavy (non-hydrogen) atoms. The lowest BCUT2D eigenvalue weighted by Crippen LogP contribution is -2.37. The van der Waals surface area contributed by atoms with E-state index in [-0.39, 0.29) is 11.0 Å². The van der Waals surface area contributed by atoms with Gasteiger partial charge >= 0.3 is 5.97 Å². The molecule has 0 aromatic heterocycles. The van der Waals surface area contributed by atoms with Crippen molar-refractivity contribution < 1.29 is 9.53 Å². The van der Waals surface area contributed by atoms with Crippen molar-refractivity contribution in [3.8, 4) is 0 Å². The van der Waals surface area contributed by atoms with Crippen LogP contribution in [-0.2, 0) is 9.53 Å². The first-order valence-electron chi connectivity index (χ1n) is 6.07. The van der Waals surface area contributed by atoms with Gasteiger partial charge in [-0.3, -0.25) is 4.79 Å². The molecule has 0 aliphatic heterocycles. The summed E-state index contributed by atoms with van der Waals surface area (Å²) in [6.07, 6.45) is 0.958. The lowest BCUT2D eigenvalue weighted by atomic mass is 10.1. The smallest absolute Gasteiger partial charge is 0.309 e. The van der Waals surface area contributed by atoms with Crippen molar-refractivity contribution in [2.24, 2.45) is 0 Å². The number of benzene rings is 1. The average Bonchev–Trinajstić information content (AvgIpc) is 3.05. The number of carbonyl (C=O) groups is 1. The summed E-state index contributed by atoms with van der Waals surface area (Å²) >= 11 is 0. The largest absolute Gasteiger partial charge is 0.469 e. The maximum atomic E-state index is 12.1. The maximum Gasteiger partial charge on any atom is 0.309 e. The molecule has 2 nitrogen and oxygen atoms in total. The molecule has 2 atom stereocenters. The SMILES string of the molecule is COC(=O)[C@@]1([Si](C)(C)C)C[C@@H]1c1ccccc1. The van der Waals surface area contributed by atoms with E-state index in [0.717, 1.165) is 6.42 Å². The van der Waals surface area contributed by atoms with E-state index in [1.54, 1.807) is 0 Å². The molecule has 1 aliphatic rings. The average molecular weight is 248 g/mol. The fourth-order valence-electron chi connectivity index (χ4n) is 2.89. The molecule has 92 valence electrons. The first-order chi connectivity index (χ1) is 7.93. The second kappa shape index (κ2) is 3.98. The highest BCUT2D eigenvalue weighted by Gasteiger charge is 2.68. The Morgan fingerprint density at radius 1 is 1.29 bits per heavy atom. The van der Waals surface area contributed by atoms with Crippen LogP contribution in [0.4, 0.5) is 0 Å². The van der Waals surface area contributed by atoms with Gasteiger partial charge in [-0.25, -0.2) is 0 Å². The monoisotopic (exact) mass is 248 g/mol. The molecular formula is C14H20O2Si. The Hall–Kier alpha value is -1.09. The van der Waals surface area contributed by atoms with Gasteiger partial charge in [0.1, 0.15) is 0 Å². The summed E-state index contributed by atoms with van der Waals surface area (Å²) in [4.78, 5) is 12.1. The predicted octanol–water partition coefficient (Wildman–Crippen LogP) is 3.43. The van der Waals surface area contributed by atoms with Crippen molar-refractivity contribution in [3.05, 3.63) is 35.9 Å². The van der Waals surface area contributed by atoms with Crippen molar-refractivity contribution >= 4 is 14.0 Å². The number of methoxy groups -OCH3 is 1. The van der Waals surface area contributed by atoms with Crippen LogP contribution >= 0.6 is 0 Å². The minimum Gasteiger partial charge on any atom is -0.469 e. The van der Waals surface area contributed by atoms with Gasteiger partial charge in [-0.1, -0.05) is 50.0 Å². The molecule has 0 heterocycles. The number of esters is 1. The Kier molecular flexibility index (Phi) is 2.90. The van der Waals surface area contributed by atoms with Gasteiger partial charge in [0.2, 0.25) is 0 Å². The summed E-state index contributed by atoms with van der Waals surface area (Å²) in [5.74, 6) is 0.355. The molecule has 1 aromatic carbocycles. The number of hydrogen-bond acceptors (Lipinski definition) is 2. The van der Waals surface area contributed by atoms with Crippen LogP contribution in [0.1, 0.15) is 17.9 Å². The Bertz CT molecular complexity index is 422. The topological polar surface area (TPSA) is 26.3 Å². The van der Waals surface area contributed by atoms with E-state index >= 15 is 0 Å². The van der Waals surface area contributed by atoms with Crippen molar-refractivity contribution in [1.29, 1.82) is 0 Å². The van der Waals surface area contributed by atoms with Gasteiger partial charge in [0.15, 0.2) is 0 Å². The first-order valence-corrected chi connectivity index (χ1v) is 9.57. The molecule has 1 aliphatic carbocycles. The van der Waals surface area contributed by atoms with Crippen molar-refractivity contribution in [1.82, 2.24) is 0 Å². The highest BCUT2D eigenvalue weighted by atomic mass is 28.3. The minimum absolute atomic E-state index is 0.00878. The normalized spacial score (nSPS) is 27.6. The van der Waals surface area contributed by atoms with Crippen LogP contribution in [0.2, 0.25) is 24.7 Å². The van der Waals surface area contributed by atoms with Gasteiger partial charge in [0.25, 0.3) is 0 Å². The van der Waals surface area contributed by atoms with Crippen LogP contribution in [0.5, 0.6) is 0 Å². The van der Waals surface area contributed by atoms with Gasteiger partial charge in [-0.05, 0) is 17.9 Å². The van der Waals surface area contributed by atoms with Crippen LogP contribution in [0.3, 0.4) is 0 Å². The Labute approximate surface area is 104 Å². The van der Waals surface area contributed by atoms with Crippen molar-refractivity contribution in [2.45, 2.75) is 37.0 Å². The Morgan fingerprint density at radius 3 is 2.35 bits per heavy atom. The number of ether oxygens (including phenoxy) is 1. The van der Waals surface area contributed by atoms with Crippen LogP contribution in [0, 0.1) is 0 Å². The van der Waals surface area contributed by atoms with Gasteiger partial charge in [-0.15, -0.1) is 0 Å². The van der Waals surface area contributed by atoms with Gasteiger partial charge in [0, 0.05) is 0 Å². The molecule has 1 fully saturated rings. The summed E-state index contributed by atoms with van der Waals surface area (Å²) in [5.41, 5.74) is 1.28. The third-order valence-electron chi connectivity index (χ3n) is 4.05. The fourth-order valence-corrected chi connectivity index (χ4v) is 5.64. The van der Waals surface area contributed by atoms with E-state index in [1.165, 1.54) is 12.7 Å². The summed E-state index contributed by atoms with van der Waals surface area (Å²) in [6.45, 7) is 6.77. The van der Waals surface area contributed by atoms with Gasteiger partial charge in [0.05, 0.1) is 20.2 Å². The zero-order chi connectivity index (χ0) is 12.7. The molecule has 0 saturated heterocycles. The first kappa shape index (κ1) is 12.4. The molecule has 0 amide bonds.